The highest BCUT2D eigenvalue weighted by Gasteiger charge is 2.20. The van der Waals surface area contributed by atoms with Crippen LogP contribution in [0.3, 0.4) is 0 Å². The van der Waals surface area contributed by atoms with Gasteiger partial charge in [-0.1, -0.05) is 51.8 Å². The van der Waals surface area contributed by atoms with E-state index in [-0.39, 0.29) is 0 Å². The first-order chi connectivity index (χ1) is 9.49. The molecule has 20 heavy (non-hydrogen) atoms. The summed E-state index contributed by atoms with van der Waals surface area (Å²) in [4.78, 5) is 11.8. The SMILES string of the molecule is Cc1ccccc1NC(C(N)=O)c1ccc(Cl)cc1Br. The zero-order valence-corrected chi connectivity index (χ0v) is 13.2. The first kappa shape index (κ1) is 14.9. The quantitative estimate of drug-likeness (QED) is 0.871. The Bertz CT molecular complexity index is 646. The number of rotatable bonds is 4. The normalized spacial score (nSPS) is 11.9. The molecule has 3 N–H and O–H groups in total. The molecule has 0 aliphatic rings. The molecule has 104 valence electrons. The molecule has 5 heteroatoms. The zero-order chi connectivity index (χ0) is 14.7. The van der Waals surface area contributed by atoms with Crippen LogP contribution in [0.2, 0.25) is 5.02 Å². The lowest BCUT2D eigenvalue weighted by molar-refractivity contribution is -0.118. The number of nitrogens with two attached hydrogens (primary N) is 1. The van der Waals surface area contributed by atoms with Crippen molar-refractivity contribution >= 4 is 39.1 Å². The number of carbonyl (C=O) groups is 1. The summed E-state index contributed by atoms with van der Waals surface area (Å²) in [6, 6.07) is 12.4. The molecule has 2 rings (SSSR count). The minimum Gasteiger partial charge on any atom is -0.370 e. The number of halogens is 2. The second-order valence-electron chi connectivity index (χ2n) is 4.46. The molecule has 2 aromatic rings. The molecule has 0 bridgehead atoms. The molecule has 0 saturated heterocycles. The maximum Gasteiger partial charge on any atom is 0.244 e. The third-order valence-corrected chi connectivity index (χ3v) is 3.92. The minimum atomic E-state index is -0.622. The zero-order valence-electron chi connectivity index (χ0n) is 10.9. The van der Waals surface area contributed by atoms with E-state index in [4.69, 9.17) is 17.3 Å². The summed E-state index contributed by atoms with van der Waals surface area (Å²) in [5.41, 5.74) is 8.19. The Balaban J connectivity index is 2.37. The van der Waals surface area contributed by atoms with Crippen LogP contribution >= 0.6 is 27.5 Å². The maximum absolute atomic E-state index is 11.8. The highest BCUT2D eigenvalue weighted by Crippen LogP contribution is 2.29. The smallest absolute Gasteiger partial charge is 0.244 e. The summed E-state index contributed by atoms with van der Waals surface area (Å²) >= 11 is 9.34. The van der Waals surface area contributed by atoms with Gasteiger partial charge in [-0.25, -0.2) is 0 Å². The number of para-hydroxylation sites is 1. The Kier molecular flexibility index (Phi) is 4.68. The Hall–Kier alpha value is -1.52. The molecule has 1 amide bonds. The van der Waals surface area contributed by atoms with Crippen LogP contribution < -0.4 is 11.1 Å². The predicted octanol–water partition coefficient (Wildman–Crippen LogP) is 4.05. The predicted molar refractivity (Wildman–Crippen MR) is 85.9 cm³/mol. The van der Waals surface area contributed by atoms with E-state index in [0.717, 1.165) is 21.3 Å². The van der Waals surface area contributed by atoms with Crippen molar-refractivity contribution in [1.82, 2.24) is 0 Å². The van der Waals surface area contributed by atoms with Crippen LogP contribution in [0.25, 0.3) is 0 Å². The molecule has 0 spiro atoms. The number of aryl methyl sites for hydroxylation is 1. The van der Waals surface area contributed by atoms with Gasteiger partial charge in [0.25, 0.3) is 0 Å². The van der Waals surface area contributed by atoms with Crippen molar-refractivity contribution < 1.29 is 4.79 Å². The van der Waals surface area contributed by atoms with Crippen LogP contribution in [-0.2, 0) is 4.79 Å². The number of amides is 1. The molecule has 0 heterocycles. The summed E-state index contributed by atoms with van der Waals surface area (Å²) in [5, 5.41) is 3.77. The van der Waals surface area contributed by atoms with Gasteiger partial charge in [0.05, 0.1) is 0 Å². The lowest BCUT2D eigenvalue weighted by atomic mass is 10.1. The van der Waals surface area contributed by atoms with Crippen molar-refractivity contribution in [1.29, 1.82) is 0 Å². The minimum absolute atomic E-state index is 0.448. The van der Waals surface area contributed by atoms with Gasteiger partial charge in [0, 0.05) is 15.2 Å². The lowest BCUT2D eigenvalue weighted by Crippen LogP contribution is -2.28. The van der Waals surface area contributed by atoms with E-state index in [0.29, 0.717) is 5.02 Å². The average Bonchev–Trinajstić information content (AvgIpc) is 2.38. The van der Waals surface area contributed by atoms with E-state index in [1.165, 1.54) is 0 Å². The Labute approximate surface area is 131 Å². The van der Waals surface area contributed by atoms with Gasteiger partial charge < -0.3 is 11.1 Å². The van der Waals surface area contributed by atoms with E-state index in [2.05, 4.69) is 21.2 Å². The second-order valence-corrected chi connectivity index (χ2v) is 5.75. The molecule has 3 nitrogen and oxygen atoms in total. The van der Waals surface area contributed by atoms with Crippen molar-refractivity contribution in [2.75, 3.05) is 5.32 Å². The Morgan fingerprint density at radius 1 is 1.30 bits per heavy atom. The van der Waals surface area contributed by atoms with Gasteiger partial charge >= 0.3 is 0 Å². The van der Waals surface area contributed by atoms with Crippen molar-refractivity contribution in [3.63, 3.8) is 0 Å². The molecular formula is C15H14BrClN2O. The van der Waals surface area contributed by atoms with Gasteiger partial charge in [-0.3, -0.25) is 4.79 Å². The first-order valence-electron chi connectivity index (χ1n) is 6.05. The summed E-state index contributed by atoms with van der Waals surface area (Å²) in [6.07, 6.45) is 0. The monoisotopic (exact) mass is 352 g/mol. The van der Waals surface area contributed by atoms with Gasteiger partial charge in [-0.2, -0.15) is 0 Å². The Morgan fingerprint density at radius 2 is 2.00 bits per heavy atom. The molecule has 1 atom stereocenters. The average molecular weight is 354 g/mol. The Morgan fingerprint density at radius 3 is 2.60 bits per heavy atom. The van der Waals surface area contributed by atoms with Gasteiger partial charge in [-0.05, 0) is 36.2 Å². The lowest BCUT2D eigenvalue weighted by Gasteiger charge is -2.20. The number of carbonyl (C=O) groups excluding carboxylic acids is 1. The maximum atomic E-state index is 11.8. The van der Waals surface area contributed by atoms with E-state index in [1.807, 2.05) is 31.2 Å². The molecule has 1 unspecified atom stereocenters. The van der Waals surface area contributed by atoms with E-state index in [9.17, 15) is 4.79 Å². The van der Waals surface area contributed by atoms with Crippen LogP contribution in [-0.4, -0.2) is 5.91 Å². The highest BCUT2D eigenvalue weighted by atomic mass is 79.9. The molecule has 2 aromatic carbocycles. The number of primary amides is 1. The number of hydrogen-bond acceptors (Lipinski definition) is 2. The number of nitrogens with one attached hydrogen (secondary N) is 1. The fraction of sp³-hybridized carbons (Fsp3) is 0.133. The van der Waals surface area contributed by atoms with Crippen LogP contribution in [0.15, 0.2) is 46.9 Å². The van der Waals surface area contributed by atoms with Gasteiger partial charge in [0.2, 0.25) is 5.91 Å². The van der Waals surface area contributed by atoms with E-state index >= 15 is 0 Å². The number of benzene rings is 2. The topological polar surface area (TPSA) is 55.1 Å². The van der Waals surface area contributed by atoms with Crippen LogP contribution in [0.5, 0.6) is 0 Å². The van der Waals surface area contributed by atoms with Gasteiger partial charge in [0.1, 0.15) is 6.04 Å². The fourth-order valence-electron chi connectivity index (χ4n) is 1.93. The molecule has 0 aliphatic heterocycles. The molecular weight excluding hydrogens is 340 g/mol. The van der Waals surface area contributed by atoms with Crippen molar-refractivity contribution in [3.8, 4) is 0 Å². The van der Waals surface area contributed by atoms with Crippen molar-refractivity contribution in [3.05, 3.63) is 63.1 Å². The molecule has 0 saturated carbocycles. The van der Waals surface area contributed by atoms with Gasteiger partial charge in [-0.15, -0.1) is 0 Å². The fourth-order valence-corrected chi connectivity index (χ4v) is 2.84. The molecule has 0 aromatic heterocycles. The van der Waals surface area contributed by atoms with Crippen LogP contribution in [0, 0.1) is 6.92 Å². The third-order valence-electron chi connectivity index (χ3n) is 3.00. The molecule has 0 fully saturated rings. The second kappa shape index (κ2) is 6.29. The van der Waals surface area contributed by atoms with Crippen molar-refractivity contribution in [2.45, 2.75) is 13.0 Å². The summed E-state index contributed by atoms with van der Waals surface area (Å²) in [6.45, 7) is 1.97. The summed E-state index contributed by atoms with van der Waals surface area (Å²) in [7, 11) is 0. The van der Waals surface area contributed by atoms with Crippen LogP contribution in [0.4, 0.5) is 5.69 Å². The highest BCUT2D eigenvalue weighted by molar-refractivity contribution is 9.10. The largest absolute Gasteiger partial charge is 0.370 e. The number of anilines is 1. The molecule has 0 aliphatic carbocycles. The van der Waals surface area contributed by atoms with Crippen LogP contribution in [0.1, 0.15) is 17.2 Å². The van der Waals surface area contributed by atoms with Crippen molar-refractivity contribution in [2.24, 2.45) is 5.73 Å². The first-order valence-corrected chi connectivity index (χ1v) is 7.22. The molecule has 0 radical (unpaired) electrons. The summed E-state index contributed by atoms with van der Waals surface area (Å²) < 4.78 is 0.745. The van der Waals surface area contributed by atoms with Gasteiger partial charge in [0.15, 0.2) is 0 Å². The third kappa shape index (κ3) is 3.32. The number of hydrogen-bond donors (Lipinski definition) is 2. The summed E-state index contributed by atoms with van der Waals surface area (Å²) in [5.74, 6) is -0.448. The van der Waals surface area contributed by atoms with E-state index < -0.39 is 11.9 Å². The standard InChI is InChI=1S/C15H14BrClN2O/c1-9-4-2-3-5-13(9)19-14(15(18)20)11-7-6-10(17)8-12(11)16/h2-8,14,19H,1H3,(H2,18,20). The van der Waals surface area contributed by atoms with E-state index in [1.54, 1.807) is 18.2 Å².